The van der Waals surface area contributed by atoms with Gasteiger partial charge in [0, 0.05) is 18.7 Å². The summed E-state index contributed by atoms with van der Waals surface area (Å²) < 4.78 is 0. The van der Waals surface area contributed by atoms with Crippen molar-refractivity contribution in [2.24, 2.45) is 5.92 Å². The van der Waals surface area contributed by atoms with Crippen LogP contribution in [0.5, 0.6) is 0 Å². The number of aliphatic hydroxyl groups is 1. The Labute approximate surface area is 120 Å². The van der Waals surface area contributed by atoms with Gasteiger partial charge in [-0.15, -0.1) is 0 Å². The third kappa shape index (κ3) is 4.67. The molecule has 4 nitrogen and oxygen atoms in total. The fourth-order valence-electron chi connectivity index (χ4n) is 1.88. The van der Waals surface area contributed by atoms with Gasteiger partial charge >= 0.3 is 0 Å². The summed E-state index contributed by atoms with van der Waals surface area (Å²) in [6.07, 6.45) is 2.85. The van der Waals surface area contributed by atoms with Gasteiger partial charge in [-0.05, 0) is 24.5 Å². The van der Waals surface area contributed by atoms with Crippen molar-refractivity contribution in [2.75, 3.05) is 6.61 Å². The largest absolute Gasteiger partial charge is 0.395 e. The molecule has 2 N–H and O–H groups in total. The Hall–Kier alpha value is -1.86. The number of rotatable bonds is 5. The first-order valence-corrected chi connectivity index (χ1v) is 6.95. The molecule has 1 unspecified atom stereocenters. The maximum absolute atomic E-state index is 12.3. The van der Waals surface area contributed by atoms with E-state index in [1.54, 1.807) is 18.3 Å². The summed E-state index contributed by atoms with van der Waals surface area (Å²) in [4.78, 5) is 16.4. The molecule has 0 saturated carbocycles. The Kier molecular flexibility index (Phi) is 6.75. The highest BCUT2D eigenvalue weighted by atomic mass is 16.2. The minimum atomic E-state index is -0.195. The molecule has 1 amide bonds. The molecular weight excluding hydrogens is 252 g/mol. The second kappa shape index (κ2) is 8.34. The third-order valence-corrected chi connectivity index (χ3v) is 3.04. The van der Waals surface area contributed by atoms with Crippen molar-refractivity contribution in [3.05, 3.63) is 29.6 Å². The summed E-state index contributed by atoms with van der Waals surface area (Å²) in [5.41, 5.74) is 0.939. The number of amides is 1. The molecule has 0 aliphatic heterocycles. The topological polar surface area (TPSA) is 62.2 Å². The summed E-state index contributed by atoms with van der Waals surface area (Å²) in [7, 11) is 0. The average Bonchev–Trinajstić information content (AvgIpc) is 2.45. The molecule has 0 bridgehead atoms. The van der Waals surface area contributed by atoms with Gasteiger partial charge in [-0.2, -0.15) is 0 Å². The smallest absolute Gasteiger partial charge is 0.271 e. The van der Waals surface area contributed by atoms with Crippen molar-refractivity contribution < 1.29 is 9.90 Å². The maximum atomic E-state index is 12.3. The van der Waals surface area contributed by atoms with Crippen LogP contribution in [0.15, 0.2) is 18.3 Å². The van der Waals surface area contributed by atoms with Crippen LogP contribution in [0.3, 0.4) is 0 Å². The molecular formula is C16H22N2O2. The van der Waals surface area contributed by atoms with E-state index in [2.05, 4.69) is 36.0 Å². The molecule has 1 aromatic heterocycles. The number of pyridine rings is 1. The average molecular weight is 274 g/mol. The summed E-state index contributed by atoms with van der Waals surface area (Å²) in [5, 5.41) is 11.7. The molecule has 0 radical (unpaired) electrons. The van der Waals surface area contributed by atoms with Crippen molar-refractivity contribution >= 4 is 5.91 Å². The first-order valence-electron chi connectivity index (χ1n) is 6.95. The van der Waals surface area contributed by atoms with E-state index in [0.717, 1.165) is 6.42 Å². The standard InChI is InChI=1S/C16H22N2O2/c1-4-14(12(2)3)18-16(20)15-13(8-5-6-11-19)9-7-10-17-15/h7,9-10,12,14,19H,4,6,11H2,1-3H3,(H,18,20). The fraction of sp³-hybridized carbons (Fsp3) is 0.500. The molecule has 0 aliphatic carbocycles. The lowest BCUT2D eigenvalue weighted by molar-refractivity contribution is 0.0919. The molecule has 1 rings (SSSR count). The highest BCUT2D eigenvalue weighted by Gasteiger charge is 2.17. The number of hydrogen-bond acceptors (Lipinski definition) is 3. The lowest BCUT2D eigenvalue weighted by Crippen LogP contribution is -2.38. The van der Waals surface area contributed by atoms with Gasteiger partial charge in [0.25, 0.3) is 5.91 Å². The van der Waals surface area contributed by atoms with Crippen LogP contribution in [-0.2, 0) is 0 Å². The van der Waals surface area contributed by atoms with Gasteiger partial charge in [-0.25, -0.2) is 4.98 Å². The molecule has 108 valence electrons. The van der Waals surface area contributed by atoms with E-state index in [0.29, 0.717) is 23.6 Å². The van der Waals surface area contributed by atoms with E-state index in [1.165, 1.54) is 0 Å². The van der Waals surface area contributed by atoms with Crippen LogP contribution < -0.4 is 5.32 Å². The molecule has 0 saturated heterocycles. The fourth-order valence-corrected chi connectivity index (χ4v) is 1.88. The number of carbonyl (C=O) groups excluding carboxylic acids is 1. The highest BCUT2D eigenvalue weighted by molar-refractivity contribution is 5.94. The van der Waals surface area contributed by atoms with Crippen molar-refractivity contribution in [3.8, 4) is 11.8 Å². The van der Waals surface area contributed by atoms with Crippen LogP contribution in [-0.4, -0.2) is 28.6 Å². The molecule has 0 spiro atoms. The van der Waals surface area contributed by atoms with Crippen molar-refractivity contribution in [1.82, 2.24) is 10.3 Å². The number of aromatic nitrogens is 1. The predicted molar refractivity (Wildman–Crippen MR) is 79.2 cm³/mol. The number of nitrogens with one attached hydrogen (secondary N) is 1. The van der Waals surface area contributed by atoms with Crippen LogP contribution in [0.4, 0.5) is 0 Å². The zero-order valence-electron chi connectivity index (χ0n) is 12.3. The minimum Gasteiger partial charge on any atom is -0.395 e. The Morgan fingerprint density at radius 1 is 1.50 bits per heavy atom. The van der Waals surface area contributed by atoms with E-state index in [1.807, 2.05) is 6.92 Å². The van der Waals surface area contributed by atoms with Crippen molar-refractivity contribution in [2.45, 2.75) is 39.7 Å². The van der Waals surface area contributed by atoms with Gasteiger partial charge < -0.3 is 10.4 Å². The number of aliphatic hydroxyl groups excluding tert-OH is 1. The van der Waals surface area contributed by atoms with E-state index < -0.39 is 0 Å². The normalized spacial score (nSPS) is 11.7. The van der Waals surface area contributed by atoms with Crippen molar-refractivity contribution in [3.63, 3.8) is 0 Å². The third-order valence-electron chi connectivity index (χ3n) is 3.04. The molecule has 1 aromatic rings. The Bertz CT molecular complexity index is 501. The van der Waals surface area contributed by atoms with Crippen LogP contribution in [0, 0.1) is 17.8 Å². The first kappa shape index (κ1) is 16.2. The van der Waals surface area contributed by atoms with E-state index in [4.69, 9.17) is 5.11 Å². The van der Waals surface area contributed by atoms with Crippen LogP contribution in [0.25, 0.3) is 0 Å². The molecule has 20 heavy (non-hydrogen) atoms. The van der Waals surface area contributed by atoms with Crippen LogP contribution in [0.2, 0.25) is 0 Å². The second-order valence-corrected chi connectivity index (χ2v) is 4.91. The first-order chi connectivity index (χ1) is 9.60. The van der Waals surface area contributed by atoms with Gasteiger partial charge in [-0.3, -0.25) is 4.79 Å². The summed E-state index contributed by atoms with van der Waals surface area (Å²) in [6, 6.07) is 3.64. The summed E-state index contributed by atoms with van der Waals surface area (Å²) in [5.74, 6) is 5.88. The molecule has 4 heteroatoms. The van der Waals surface area contributed by atoms with Crippen LogP contribution >= 0.6 is 0 Å². The molecule has 1 atom stereocenters. The zero-order valence-corrected chi connectivity index (χ0v) is 12.3. The lowest BCUT2D eigenvalue weighted by Gasteiger charge is -2.20. The van der Waals surface area contributed by atoms with Gasteiger partial charge in [0.15, 0.2) is 0 Å². The predicted octanol–water partition coefficient (Wildman–Crippen LogP) is 1.98. The second-order valence-electron chi connectivity index (χ2n) is 4.91. The molecule has 0 fully saturated rings. The monoisotopic (exact) mass is 274 g/mol. The van der Waals surface area contributed by atoms with Gasteiger partial charge in [0.2, 0.25) is 0 Å². The van der Waals surface area contributed by atoms with Gasteiger partial charge in [0.1, 0.15) is 5.69 Å². The van der Waals surface area contributed by atoms with E-state index >= 15 is 0 Å². The SMILES string of the molecule is CCC(NC(=O)c1ncccc1C#CCCO)C(C)C. The van der Waals surface area contributed by atoms with Crippen LogP contribution in [0.1, 0.15) is 49.7 Å². The summed E-state index contributed by atoms with van der Waals surface area (Å²) in [6.45, 7) is 6.22. The Morgan fingerprint density at radius 2 is 2.25 bits per heavy atom. The molecule has 1 heterocycles. The lowest BCUT2D eigenvalue weighted by atomic mass is 10.0. The zero-order chi connectivity index (χ0) is 15.0. The highest BCUT2D eigenvalue weighted by Crippen LogP contribution is 2.09. The maximum Gasteiger partial charge on any atom is 0.271 e. The molecule has 0 aromatic carbocycles. The van der Waals surface area contributed by atoms with E-state index in [9.17, 15) is 4.79 Å². The Balaban J connectivity index is 2.91. The quantitative estimate of drug-likeness (QED) is 0.807. The van der Waals surface area contributed by atoms with Gasteiger partial charge in [0.05, 0.1) is 12.2 Å². The number of nitrogens with zero attached hydrogens (tertiary/aromatic N) is 1. The molecule has 0 aliphatic rings. The number of hydrogen-bond donors (Lipinski definition) is 2. The van der Waals surface area contributed by atoms with E-state index in [-0.39, 0.29) is 18.6 Å². The van der Waals surface area contributed by atoms with Crippen molar-refractivity contribution in [1.29, 1.82) is 0 Å². The minimum absolute atomic E-state index is 0.0139. The summed E-state index contributed by atoms with van der Waals surface area (Å²) >= 11 is 0. The van der Waals surface area contributed by atoms with Gasteiger partial charge in [-0.1, -0.05) is 32.6 Å². The number of carbonyl (C=O) groups is 1. The Morgan fingerprint density at radius 3 is 2.85 bits per heavy atom.